The highest BCUT2D eigenvalue weighted by Crippen LogP contribution is 2.23. The van der Waals surface area contributed by atoms with E-state index in [0.29, 0.717) is 35.3 Å². The molecule has 2 rings (SSSR count). The molecular formula is C17H22N4O2S. The zero-order chi connectivity index (χ0) is 17.7. The zero-order valence-electron chi connectivity index (χ0n) is 14.2. The molecule has 0 aliphatic carbocycles. The molecule has 1 fully saturated rings. The van der Waals surface area contributed by atoms with Gasteiger partial charge in [-0.3, -0.25) is 9.59 Å². The van der Waals surface area contributed by atoms with Gasteiger partial charge >= 0.3 is 0 Å². The number of hydrogen-bond donors (Lipinski definition) is 1. The summed E-state index contributed by atoms with van der Waals surface area (Å²) in [4.78, 5) is 30.8. The minimum absolute atomic E-state index is 0.112. The third-order valence-electron chi connectivity index (χ3n) is 3.89. The van der Waals surface area contributed by atoms with Crippen LogP contribution in [0.15, 0.2) is 12.1 Å². The highest BCUT2D eigenvalue weighted by atomic mass is 32.2. The van der Waals surface area contributed by atoms with Crippen LogP contribution < -0.4 is 5.32 Å². The summed E-state index contributed by atoms with van der Waals surface area (Å²) < 4.78 is 0. The van der Waals surface area contributed by atoms with Gasteiger partial charge in [-0.1, -0.05) is 13.8 Å². The fraction of sp³-hybridized carbons (Fsp3) is 0.529. The standard InChI is InChI=1S/C17H22N4O2S/c1-11(2)6-7-19-16(22)15-9-24-10-21(15)17(23)14-5-4-13(8-18)12(3)20-14/h4-5,11,15H,6-7,9-10H2,1-3H3,(H,19,22)/t15-/m0/s1. The maximum Gasteiger partial charge on any atom is 0.273 e. The van der Waals surface area contributed by atoms with Crippen LogP contribution in [0.4, 0.5) is 0 Å². The lowest BCUT2D eigenvalue weighted by molar-refractivity contribution is -0.124. The highest BCUT2D eigenvalue weighted by molar-refractivity contribution is 7.99. The minimum Gasteiger partial charge on any atom is -0.354 e. The van der Waals surface area contributed by atoms with E-state index in [2.05, 4.69) is 24.1 Å². The van der Waals surface area contributed by atoms with E-state index < -0.39 is 6.04 Å². The first kappa shape index (κ1) is 18.3. The summed E-state index contributed by atoms with van der Waals surface area (Å²) in [6.07, 6.45) is 0.913. The molecule has 1 aliphatic heterocycles. The van der Waals surface area contributed by atoms with Crippen molar-refractivity contribution >= 4 is 23.6 Å². The van der Waals surface area contributed by atoms with Gasteiger partial charge in [-0.05, 0) is 31.4 Å². The highest BCUT2D eigenvalue weighted by Gasteiger charge is 2.35. The molecule has 0 spiro atoms. The molecule has 24 heavy (non-hydrogen) atoms. The topological polar surface area (TPSA) is 86.1 Å². The lowest BCUT2D eigenvalue weighted by Crippen LogP contribution is -2.47. The van der Waals surface area contributed by atoms with Gasteiger partial charge < -0.3 is 10.2 Å². The molecule has 2 amide bonds. The number of nitrogens with one attached hydrogen (secondary N) is 1. The lowest BCUT2D eigenvalue weighted by Gasteiger charge is -2.23. The minimum atomic E-state index is -0.465. The molecular weight excluding hydrogens is 324 g/mol. The van der Waals surface area contributed by atoms with E-state index in [1.807, 2.05) is 6.07 Å². The maximum atomic E-state index is 12.7. The van der Waals surface area contributed by atoms with Crippen molar-refractivity contribution in [3.8, 4) is 6.07 Å². The van der Waals surface area contributed by atoms with Crippen molar-refractivity contribution in [1.29, 1.82) is 5.26 Å². The van der Waals surface area contributed by atoms with Gasteiger partial charge in [-0.2, -0.15) is 5.26 Å². The van der Waals surface area contributed by atoms with Crippen LogP contribution in [0.25, 0.3) is 0 Å². The molecule has 128 valence electrons. The van der Waals surface area contributed by atoms with Gasteiger partial charge in [0.25, 0.3) is 5.91 Å². The fourth-order valence-corrected chi connectivity index (χ4v) is 3.56. The number of carbonyl (C=O) groups excluding carboxylic acids is 2. The Morgan fingerprint density at radius 2 is 2.25 bits per heavy atom. The van der Waals surface area contributed by atoms with Crippen molar-refractivity contribution in [1.82, 2.24) is 15.2 Å². The number of aryl methyl sites for hydroxylation is 1. The van der Waals surface area contributed by atoms with Gasteiger partial charge in [0.05, 0.1) is 17.1 Å². The summed E-state index contributed by atoms with van der Waals surface area (Å²) in [5.41, 5.74) is 1.24. The van der Waals surface area contributed by atoms with Gasteiger partial charge in [0.1, 0.15) is 17.8 Å². The Balaban J connectivity index is 2.06. The van der Waals surface area contributed by atoms with Crippen LogP contribution in [-0.2, 0) is 4.79 Å². The van der Waals surface area contributed by atoms with Crippen molar-refractivity contribution in [3.63, 3.8) is 0 Å². The van der Waals surface area contributed by atoms with Crippen LogP contribution in [-0.4, -0.2) is 45.9 Å². The van der Waals surface area contributed by atoms with Crippen LogP contribution in [0.5, 0.6) is 0 Å². The Hall–Kier alpha value is -2.07. The molecule has 0 bridgehead atoms. The van der Waals surface area contributed by atoms with Crippen molar-refractivity contribution in [3.05, 3.63) is 29.1 Å². The van der Waals surface area contributed by atoms with Gasteiger partial charge in [0.2, 0.25) is 5.91 Å². The van der Waals surface area contributed by atoms with E-state index >= 15 is 0 Å². The lowest BCUT2D eigenvalue weighted by atomic mass is 10.1. The van der Waals surface area contributed by atoms with Crippen molar-refractivity contribution < 1.29 is 9.59 Å². The van der Waals surface area contributed by atoms with Crippen LogP contribution >= 0.6 is 11.8 Å². The molecule has 1 N–H and O–H groups in total. The Kier molecular flexibility index (Phi) is 6.21. The molecule has 0 radical (unpaired) electrons. The zero-order valence-corrected chi connectivity index (χ0v) is 15.0. The molecule has 6 nitrogen and oxygen atoms in total. The second-order valence-corrected chi connectivity index (χ2v) is 7.21. The molecule has 0 saturated carbocycles. The molecule has 1 atom stereocenters. The van der Waals surface area contributed by atoms with E-state index in [1.165, 1.54) is 0 Å². The third kappa shape index (κ3) is 4.26. The summed E-state index contributed by atoms with van der Waals surface area (Å²) in [5, 5.41) is 11.9. The molecule has 0 aromatic carbocycles. The number of nitrogens with zero attached hydrogens (tertiary/aromatic N) is 3. The van der Waals surface area contributed by atoms with Gasteiger partial charge in [0.15, 0.2) is 0 Å². The SMILES string of the molecule is Cc1nc(C(=O)N2CSC[C@H]2C(=O)NCCC(C)C)ccc1C#N. The second kappa shape index (κ2) is 8.15. The predicted octanol–water partition coefficient (Wildman–Crippen LogP) is 1.94. The number of pyridine rings is 1. The fourth-order valence-electron chi connectivity index (χ4n) is 2.41. The third-order valence-corrected chi connectivity index (χ3v) is 4.90. The van der Waals surface area contributed by atoms with E-state index in [1.54, 1.807) is 35.7 Å². The van der Waals surface area contributed by atoms with Crippen LogP contribution in [0, 0.1) is 24.2 Å². The van der Waals surface area contributed by atoms with E-state index in [-0.39, 0.29) is 17.5 Å². The average molecular weight is 346 g/mol. The van der Waals surface area contributed by atoms with E-state index in [0.717, 1.165) is 6.42 Å². The Morgan fingerprint density at radius 3 is 2.88 bits per heavy atom. The monoisotopic (exact) mass is 346 g/mol. The Morgan fingerprint density at radius 1 is 1.50 bits per heavy atom. The molecule has 1 aromatic heterocycles. The molecule has 1 aromatic rings. The summed E-state index contributed by atoms with van der Waals surface area (Å²) >= 11 is 1.56. The number of amides is 2. The van der Waals surface area contributed by atoms with Gasteiger partial charge in [-0.15, -0.1) is 11.8 Å². The molecule has 1 aliphatic rings. The second-order valence-electron chi connectivity index (χ2n) is 6.21. The van der Waals surface area contributed by atoms with Gasteiger partial charge in [-0.25, -0.2) is 4.98 Å². The first-order valence-corrected chi connectivity index (χ1v) is 9.13. The largest absolute Gasteiger partial charge is 0.354 e. The number of carbonyl (C=O) groups is 2. The smallest absolute Gasteiger partial charge is 0.273 e. The molecule has 2 heterocycles. The average Bonchev–Trinajstić information content (AvgIpc) is 3.03. The normalized spacial score (nSPS) is 17.0. The first-order valence-electron chi connectivity index (χ1n) is 7.98. The molecule has 0 unspecified atom stereocenters. The Labute approximate surface area is 146 Å². The van der Waals surface area contributed by atoms with Crippen molar-refractivity contribution in [2.75, 3.05) is 18.2 Å². The Bertz CT molecular complexity index is 669. The van der Waals surface area contributed by atoms with Crippen molar-refractivity contribution in [2.45, 2.75) is 33.2 Å². The van der Waals surface area contributed by atoms with Crippen LogP contribution in [0.1, 0.15) is 42.0 Å². The molecule has 7 heteroatoms. The summed E-state index contributed by atoms with van der Waals surface area (Å²) in [5.74, 6) is 1.21. The number of aromatic nitrogens is 1. The van der Waals surface area contributed by atoms with E-state index in [9.17, 15) is 9.59 Å². The molecule has 1 saturated heterocycles. The number of thioether (sulfide) groups is 1. The maximum absolute atomic E-state index is 12.7. The first-order chi connectivity index (χ1) is 11.4. The van der Waals surface area contributed by atoms with Crippen LogP contribution in [0.3, 0.4) is 0 Å². The number of rotatable bonds is 5. The summed E-state index contributed by atoms with van der Waals surface area (Å²) in [7, 11) is 0. The number of nitriles is 1. The van der Waals surface area contributed by atoms with Crippen LogP contribution in [0.2, 0.25) is 0 Å². The van der Waals surface area contributed by atoms with Crippen molar-refractivity contribution in [2.24, 2.45) is 5.92 Å². The van der Waals surface area contributed by atoms with Gasteiger partial charge in [0, 0.05) is 12.3 Å². The summed E-state index contributed by atoms with van der Waals surface area (Å²) in [6, 6.07) is 4.71. The summed E-state index contributed by atoms with van der Waals surface area (Å²) in [6.45, 7) is 6.52. The van der Waals surface area contributed by atoms with E-state index in [4.69, 9.17) is 5.26 Å². The number of hydrogen-bond acceptors (Lipinski definition) is 5. The quantitative estimate of drug-likeness (QED) is 0.880. The predicted molar refractivity (Wildman–Crippen MR) is 93.4 cm³/mol.